The van der Waals surface area contributed by atoms with Gasteiger partial charge in [-0.25, -0.2) is 4.39 Å². The lowest BCUT2D eigenvalue weighted by Crippen LogP contribution is -2.13. The van der Waals surface area contributed by atoms with Gasteiger partial charge in [0.25, 0.3) is 0 Å². The maximum atomic E-state index is 13.4. The van der Waals surface area contributed by atoms with E-state index in [0.29, 0.717) is 51.0 Å². The fourth-order valence-electron chi connectivity index (χ4n) is 1.55. The Morgan fingerprint density at radius 2 is 1.65 bits per heavy atom. The Kier molecular flexibility index (Phi) is 8.90. The van der Waals surface area contributed by atoms with Crippen LogP contribution in [0.15, 0.2) is 18.2 Å². The van der Waals surface area contributed by atoms with E-state index in [0.717, 1.165) is 0 Å². The van der Waals surface area contributed by atoms with Crippen LogP contribution in [-0.2, 0) is 20.8 Å². The van der Waals surface area contributed by atoms with Gasteiger partial charge in [-0.3, -0.25) is 0 Å². The molecule has 20 heavy (non-hydrogen) atoms. The first-order valence-electron chi connectivity index (χ1n) is 6.54. The van der Waals surface area contributed by atoms with Gasteiger partial charge in [-0.1, -0.05) is 6.07 Å². The molecule has 0 atom stereocenters. The highest BCUT2D eigenvalue weighted by Gasteiger charge is 2.07. The molecule has 0 aliphatic carbocycles. The summed E-state index contributed by atoms with van der Waals surface area (Å²) in [4.78, 5) is 0. The third-order valence-corrected chi connectivity index (χ3v) is 2.57. The molecule has 0 saturated heterocycles. The molecule has 0 spiro atoms. The van der Waals surface area contributed by atoms with Gasteiger partial charge in [-0.05, 0) is 12.1 Å². The van der Waals surface area contributed by atoms with Crippen LogP contribution >= 0.6 is 0 Å². The lowest BCUT2D eigenvalue weighted by Gasteiger charge is -2.11. The van der Waals surface area contributed by atoms with Crippen molar-refractivity contribution in [1.82, 2.24) is 0 Å². The van der Waals surface area contributed by atoms with Gasteiger partial charge in [0.15, 0.2) is 0 Å². The number of methoxy groups -OCH3 is 1. The van der Waals surface area contributed by atoms with Crippen molar-refractivity contribution < 1.29 is 23.3 Å². The summed E-state index contributed by atoms with van der Waals surface area (Å²) in [5.74, 6) is 0.116. The van der Waals surface area contributed by atoms with Crippen LogP contribution in [0.2, 0.25) is 0 Å². The molecular weight excluding hydrogens is 265 g/mol. The van der Waals surface area contributed by atoms with E-state index in [1.165, 1.54) is 6.07 Å². The van der Waals surface area contributed by atoms with Crippen molar-refractivity contribution in [2.45, 2.75) is 6.54 Å². The van der Waals surface area contributed by atoms with E-state index in [2.05, 4.69) is 0 Å². The number of halogens is 1. The van der Waals surface area contributed by atoms with Crippen molar-refractivity contribution in [3.8, 4) is 5.75 Å². The highest BCUT2D eigenvalue weighted by atomic mass is 19.1. The van der Waals surface area contributed by atoms with E-state index in [9.17, 15) is 4.39 Å². The number of hydrogen-bond donors (Lipinski definition) is 1. The van der Waals surface area contributed by atoms with Crippen LogP contribution in [0.5, 0.6) is 5.75 Å². The second-order valence-corrected chi connectivity index (χ2v) is 3.99. The SMILES string of the molecule is COCCOCCOCCOc1cccc(F)c1CN. The summed E-state index contributed by atoms with van der Waals surface area (Å²) in [6.45, 7) is 2.99. The first-order valence-corrected chi connectivity index (χ1v) is 6.54. The van der Waals surface area contributed by atoms with E-state index >= 15 is 0 Å². The average Bonchev–Trinajstić information content (AvgIpc) is 2.45. The molecule has 0 bridgehead atoms. The molecule has 2 N–H and O–H groups in total. The predicted molar refractivity (Wildman–Crippen MR) is 73.3 cm³/mol. The summed E-state index contributed by atoms with van der Waals surface area (Å²) in [6.07, 6.45) is 0. The van der Waals surface area contributed by atoms with Gasteiger partial charge in [-0.2, -0.15) is 0 Å². The van der Waals surface area contributed by atoms with Crippen molar-refractivity contribution in [2.75, 3.05) is 46.8 Å². The van der Waals surface area contributed by atoms with Crippen LogP contribution in [0.25, 0.3) is 0 Å². The van der Waals surface area contributed by atoms with Crippen molar-refractivity contribution >= 4 is 0 Å². The molecule has 0 aliphatic rings. The zero-order chi connectivity index (χ0) is 14.6. The minimum Gasteiger partial charge on any atom is -0.491 e. The number of rotatable bonds is 11. The smallest absolute Gasteiger partial charge is 0.131 e. The summed E-state index contributed by atoms with van der Waals surface area (Å²) >= 11 is 0. The molecule has 0 fully saturated rings. The molecule has 0 aliphatic heterocycles. The van der Waals surface area contributed by atoms with Crippen LogP contribution in [0.3, 0.4) is 0 Å². The van der Waals surface area contributed by atoms with E-state index in [1.807, 2.05) is 0 Å². The van der Waals surface area contributed by atoms with Gasteiger partial charge < -0.3 is 24.7 Å². The van der Waals surface area contributed by atoms with E-state index in [1.54, 1.807) is 19.2 Å². The normalized spacial score (nSPS) is 10.8. The van der Waals surface area contributed by atoms with Crippen LogP contribution < -0.4 is 10.5 Å². The zero-order valence-electron chi connectivity index (χ0n) is 11.8. The van der Waals surface area contributed by atoms with Gasteiger partial charge in [0, 0.05) is 19.2 Å². The zero-order valence-corrected chi connectivity index (χ0v) is 11.8. The number of nitrogens with two attached hydrogens (primary N) is 1. The van der Waals surface area contributed by atoms with Gasteiger partial charge in [0.2, 0.25) is 0 Å². The standard InChI is InChI=1S/C14H22FNO4/c1-17-5-6-18-7-8-19-9-10-20-14-4-2-3-13(15)12(14)11-16/h2-4H,5-11,16H2,1H3. The summed E-state index contributed by atoms with van der Waals surface area (Å²) < 4.78 is 34.3. The topological polar surface area (TPSA) is 62.9 Å². The fraction of sp³-hybridized carbons (Fsp3) is 0.571. The van der Waals surface area contributed by atoms with Gasteiger partial charge >= 0.3 is 0 Å². The van der Waals surface area contributed by atoms with E-state index < -0.39 is 0 Å². The van der Waals surface area contributed by atoms with Crippen LogP contribution in [0.1, 0.15) is 5.56 Å². The van der Waals surface area contributed by atoms with Crippen LogP contribution in [0.4, 0.5) is 4.39 Å². The molecule has 0 amide bonds. The summed E-state index contributed by atoms with van der Waals surface area (Å²) in [5.41, 5.74) is 5.87. The van der Waals surface area contributed by atoms with Crippen molar-refractivity contribution in [1.29, 1.82) is 0 Å². The first-order chi connectivity index (χ1) is 9.79. The van der Waals surface area contributed by atoms with Crippen molar-refractivity contribution in [3.05, 3.63) is 29.6 Å². The van der Waals surface area contributed by atoms with Crippen molar-refractivity contribution in [2.24, 2.45) is 5.73 Å². The maximum absolute atomic E-state index is 13.4. The Labute approximate surface area is 118 Å². The molecule has 6 heteroatoms. The van der Waals surface area contributed by atoms with Gasteiger partial charge in [0.1, 0.15) is 18.2 Å². The molecule has 0 unspecified atom stereocenters. The first kappa shape index (κ1) is 16.8. The maximum Gasteiger partial charge on any atom is 0.131 e. The molecule has 114 valence electrons. The number of hydrogen-bond acceptors (Lipinski definition) is 5. The highest BCUT2D eigenvalue weighted by Crippen LogP contribution is 2.20. The molecule has 1 rings (SSSR count). The van der Waals surface area contributed by atoms with Crippen molar-refractivity contribution in [3.63, 3.8) is 0 Å². The molecule has 5 nitrogen and oxygen atoms in total. The summed E-state index contributed by atoms with van der Waals surface area (Å²) in [5, 5.41) is 0. The third kappa shape index (κ3) is 6.29. The minimum atomic E-state index is -0.350. The lowest BCUT2D eigenvalue weighted by atomic mass is 10.2. The summed E-state index contributed by atoms with van der Waals surface area (Å²) in [6, 6.07) is 4.65. The molecular formula is C14H22FNO4. The Balaban J connectivity index is 2.11. The summed E-state index contributed by atoms with van der Waals surface area (Å²) in [7, 11) is 1.62. The minimum absolute atomic E-state index is 0.107. The van der Waals surface area contributed by atoms with E-state index in [-0.39, 0.29) is 12.4 Å². The molecule has 0 heterocycles. The Bertz CT molecular complexity index is 376. The Hall–Kier alpha value is -1.21. The quantitative estimate of drug-likeness (QED) is 0.622. The second kappa shape index (κ2) is 10.6. The molecule has 0 radical (unpaired) electrons. The second-order valence-electron chi connectivity index (χ2n) is 3.99. The highest BCUT2D eigenvalue weighted by molar-refractivity contribution is 5.34. The monoisotopic (exact) mass is 287 g/mol. The Morgan fingerprint density at radius 3 is 2.30 bits per heavy atom. The van der Waals surface area contributed by atoms with E-state index in [4.69, 9.17) is 24.7 Å². The average molecular weight is 287 g/mol. The molecule has 1 aromatic rings. The van der Waals surface area contributed by atoms with Crippen LogP contribution in [0, 0.1) is 5.82 Å². The fourth-order valence-corrected chi connectivity index (χ4v) is 1.55. The van der Waals surface area contributed by atoms with Gasteiger partial charge in [-0.15, -0.1) is 0 Å². The van der Waals surface area contributed by atoms with Gasteiger partial charge in [0.05, 0.1) is 33.0 Å². The lowest BCUT2D eigenvalue weighted by molar-refractivity contribution is 0.0179. The third-order valence-electron chi connectivity index (χ3n) is 2.57. The Morgan fingerprint density at radius 1 is 1.00 bits per heavy atom. The largest absolute Gasteiger partial charge is 0.491 e. The predicted octanol–water partition coefficient (Wildman–Crippen LogP) is 1.34. The number of ether oxygens (including phenoxy) is 4. The molecule has 0 aromatic heterocycles. The number of benzene rings is 1. The molecule has 1 aromatic carbocycles. The molecule has 0 saturated carbocycles. The van der Waals surface area contributed by atoms with Crippen LogP contribution in [-0.4, -0.2) is 46.8 Å².